The predicted molar refractivity (Wildman–Crippen MR) is 191 cm³/mol. The zero-order chi connectivity index (χ0) is 32.0. The summed E-state index contributed by atoms with van der Waals surface area (Å²) in [4.78, 5) is 0. The highest BCUT2D eigenvalue weighted by Gasteiger charge is 2.57. The van der Waals surface area contributed by atoms with Crippen LogP contribution in [0.2, 0.25) is 0 Å². The van der Waals surface area contributed by atoms with Gasteiger partial charge in [0.1, 0.15) is 0 Å². The fourth-order valence-electron chi connectivity index (χ4n) is 8.74. The van der Waals surface area contributed by atoms with Crippen LogP contribution in [-0.2, 0) is 20.1 Å². The van der Waals surface area contributed by atoms with Crippen molar-refractivity contribution in [2.45, 2.75) is 49.7 Å². The second-order valence-electron chi connectivity index (χ2n) is 14.3. The first kappa shape index (κ1) is 28.5. The van der Waals surface area contributed by atoms with Crippen molar-refractivity contribution >= 4 is 12.6 Å². The van der Waals surface area contributed by atoms with E-state index in [4.69, 9.17) is 9.31 Å². The van der Waals surface area contributed by atoms with E-state index >= 15 is 0 Å². The minimum absolute atomic E-state index is 0.407. The summed E-state index contributed by atoms with van der Waals surface area (Å²) in [6.45, 7) is 8.47. The normalized spacial score (nSPS) is 18.7. The van der Waals surface area contributed by atoms with E-state index in [9.17, 15) is 0 Å². The molecule has 0 bridgehead atoms. The van der Waals surface area contributed by atoms with Gasteiger partial charge in [0, 0.05) is 0 Å². The Hall–Kier alpha value is -4.70. The average Bonchev–Trinajstić information content (AvgIpc) is 3.52. The lowest BCUT2D eigenvalue weighted by molar-refractivity contribution is 0.00578. The summed E-state index contributed by atoms with van der Waals surface area (Å²) in [6, 6.07) is 56.4. The molecule has 0 saturated carbocycles. The van der Waals surface area contributed by atoms with E-state index < -0.39 is 29.2 Å². The molecule has 1 saturated heterocycles. The van der Waals surface area contributed by atoms with Crippen molar-refractivity contribution in [1.29, 1.82) is 0 Å². The minimum atomic E-state index is -0.499. The number of fused-ring (bicyclic) bond motifs is 9. The molecule has 0 unspecified atom stereocenters. The predicted octanol–water partition coefficient (Wildman–Crippen LogP) is 9.05. The van der Waals surface area contributed by atoms with E-state index in [0.717, 1.165) is 5.46 Å². The molecule has 0 amide bonds. The maximum atomic E-state index is 6.55. The van der Waals surface area contributed by atoms with Crippen molar-refractivity contribution in [3.63, 3.8) is 0 Å². The molecule has 3 heteroatoms. The summed E-state index contributed by atoms with van der Waals surface area (Å²) < 4.78 is 13.1. The zero-order valence-electron chi connectivity index (χ0n) is 27.3. The Balaban J connectivity index is 1.38. The molecule has 3 aliphatic rings. The number of hydrogen-bond acceptors (Lipinski definition) is 2. The molecule has 2 nitrogen and oxygen atoms in total. The van der Waals surface area contributed by atoms with Gasteiger partial charge in [0.25, 0.3) is 0 Å². The van der Waals surface area contributed by atoms with Gasteiger partial charge in [0.15, 0.2) is 0 Å². The van der Waals surface area contributed by atoms with Crippen LogP contribution in [0.5, 0.6) is 0 Å². The highest BCUT2D eigenvalue weighted by molar-refractivity contribution is 6.62. The van der Waals surface area contributed by atoms with Crippen LogP contribution in [0.25, 0.3) is 11.1 Å². The van der Waals surface area contributed by atoms with E-state index in [1.54, 1.807) is 0 Å². The molecule has 6 aromatic rings. The third kappa shape index (κ3) is 3.65. The molecular formula is C44H37BO2. The lowest BCUT2D eigenvalue weighted by atomic mass is 9.51. The van der Waals surface area contributed by atoms with Crippen LogP contribution >= 0.6 is 0 Å². The molecule has 0 radical (unpaired) electrons. The first-order valence-electron chi connectivity index (χ1n) is 16.7. The van der Waals surface area contributed by atoms with Crippen LogP contribution < -0.4 is 5.46 Å². The van der Waals surface area contributed by atoms with E-state index in [-0.39, 0.29) is 0 Å². The van der Waals surface area contributed by atoms with Gasteiger partial charge < -0.3 is 9.31 Å². The third-order valence-corrected chi connectivity index (χ3v) is 11.5. The molecule has 9 rings (SSSR count). The molecule has 0 aromatic heterocycles. The van der Waals surface area contributed by atoms with Crippen molar-refractivity contribution in [2.75, 3.05) is 0 Å². The van der Waals surface area contributed by atoms with E-state index in [2.05, 4.69) is 179 Å². The van der Waals surface area contributed by atoms with Crippen molar-refractivity contribution in [3.05, 3.63) is 196 Å². The summed E-state index contributed by atoms with van der Waals surface area (Å²) in [5.41, 5.74) is 12.2. The highest BCUT2D eigenvalue weighted by Crippen LogP contribution is 2.64. The lowest BCUT2D eigenvalue weighted by Gasteiger charge is -2.50. The van der Waals surface area contributed by atoms with Crippen LogP contribution in [0, 0.1) is 0 Å². The van der Waals surface area contributed by atoms with E-state index in [1.807, 2.05) is 0 Å². The van der Waals surface area contributed by atoms with Crippen LogP contribution in [-0.4, -0.2) is 18.3 Å². The summed E-state index contributed by atoms with van der Waals surface area (Å²) in [5, 5.41) is 0. The van der Waals surface area contributed by atoms with Crippen molar-refractivity contribution in [1.82, 2.24) is 0 Å². The first-order valence-corrected chi connectivity index (χ1v) is 16.7. The molecule has 2 aliphatic carbocycles. The fourth-order valence-corrected chi connectivity index (χ4v) is 8.74. The minimum Gasteiger partial charge on any atom is -0.399 e. The quantitative estimate of drug-likeness (QED) is 0.186. The second kappa shape index (κ2) is 9.91. The van der Waals surface area contributed by atoms with E-state index in [1.165, 1.54) is 55.6 Å². The Morgan fingerprint density at radius 3 is 1.30 bits per heavy atom. The van der Waals surface area contributed by atoms with E-state index in [0.29, 0.717) is 0 Å². The van der Waals surface area contributed by atoms with Gasteiger partial charge in [0.05, 0.1) is 22.0 Å². The molecule has 0 N–H and O–H groups in total. The second-order valence-corrected chi connectivity index (χ2v) is 14.3. The molecule has 228 valence electrons. The molecular weight excluding hydrogens is 571 g/mol. The zero-order valence-corrected chi connectivity index (χ0v) is 27.3. The Bertz CT molecular complexity index is 2060. The smallest absolute Gasteiger partial charge is 0.399 e. The topological polar surface area (TPSA) is 18.5 Å². The largest absolute Gasteiger partial charge is 0.494 e. The van der Waals surface area contributed by atoms with Crippen molar-refractivity contribution in [3.8, 4) is 11.1 Å². The number of benzene rings is 6. The summed E-state index contributed by atoms with van der Waals surface area (Å²) in [5.74, 6) is 0. The van der Waals surface area contributed by atoms with Gasteiger partial charge >= 0.3 is 7.12 Å². The summed E-state index contributed by atoms with van der Waals surface area (Å²) in [6.07, 6.45) is 0. The maximum absolute atomic E-state index is 6.55. The molecule has 0 atom stereocenters. The highest BCUT2D eigenvalue weighted by atomic mass is 16.7. The Labute approximate surface area is 278 Å². The molecule has 1 fully saturated rings. The number of hydrogen-bond donors (Lipinski definition) is 0. The van der Waals surface area contributed by atoms with Gasteiger partial charge in [-0.2, -0.15) is 0 Å². The van der Waals surface area contributed by atoms with Gasteiger partial charge in [-0.3, -0.25) is 0 Å². The van der Waals surface area contributed by atoms with Crippen LogP contribution in [0.4, 0.5) is 0 Å². The average molecular weight is 609 g/mol. The monoisotopic (exact) mass is 608 g/mol. The molecule has 47 heavy (non-hydrogen) atoms. The Morgan fingerprint density at radius 2 is 0.787 bits per heavy atom. The van der Waals surface area contributed by atoms with Crippen LogP contribution in [0.1, 0.15) is 72.2 Å². The fraction of sp³-hybridized carbons (Fsp3) is 0.182. The third-order valence-electron chi connectivity index (χ3n) is 11.5. The van der Waals surface area contributed by atoms with Gasteiger partial charge in [-0.1, -0.05) is 152 Å². The van der Waals surface area contributed by atoms with Crippen molar-refractivity contribution in [2.24, 2.45) is 0 Å². The first-order chi connectivity index (χ1) is 22.8. The van der Waals surface area contributed by atoms with Gasteiger partial charge in [-0.05, 0) is 88.8 Å². The van der Waals surface area contributed by atoms with Gasteiger partial charge in [0.2, 0.25) is 0 Å². The van der Waals surface area contributed by atoms with Crippen molar-refractivity contribution < 1.29 is 9.31 Å². The standard InChI is InChI=1S/C44H37BO2/c1-41(2)42(3,4)47-45(46-41)32-27-28-36-34(29-32)33-21-11-12-22-35(33)44(36)39-25-15-13-23-37(39)43(30-17-7-5-8-18-30,31-19-9-6-10-20-31)38-24-14-16-26-40(38)44/h5-29H,1-4H3. The Morgan fingerprint density at radius 1 is 0.383 bits per heavy atom. The molecule has 1 spiro atoms. The number of rotatable bonds is 3. The van der Waals surface area contributed by atoms with Gasteiger partial charge in [-0.15, -0.1) is 0 Å². The lowest BCUT2D eigenvalue weighted by Crippen LogP contribution is -2.44. The SMILES string of the molecule is CC1(C)OB(c2ccc3c(c2)-c2ccccc2C32c3ccccc3C(c3ccccc3)(c3ccccc3)c3ccccc32)OC1(C)C. The molecule has 1 heterocycles. The molecule has 1 aliphatic heterocycles. The summed E-state index contributed by atoms with van der Waals surface area (Å²) in [7, 11) is -0.427. The van der Waals surface area contributed by atoms with Gasteiger partial charge in [-0.25, -0.2) is 0 Å². The Kier molecular flexibility index (Phi) is 6.01. The maximum Gasteiger partial charge on any atom is 0.494 e. The van der Waals surface area contributed by atoms with Crippen LogP contribution in [0.15, 0.2) is 152 Å². The van der Waals surface area contributed by atoms with Crippen LogP contribution in [0.3, 0.4) is 0 Å². The summed E-state index contributed by atoms with van der Waals surface area (Å²) >= 11 is 0. The molecule has 6 aromatic carbocycles.